The Balaban J connectivity index is 1.74. The minimum absolute atomic E-state index is 0.0326. The molecule has 0 saturated heterocycles. The summed E-state index contributed by atoms with van der Waals surface area (Å²) in [5.74, 6) is 0.302. The second kappa shape index (κ2) is 8.60. The maximum Gasteiger partial charge on any atom is 0.347 e. The Hall–Kier alpha value is -3.10. The zero-order valence-electron chi connectivity index (χ0n) is 17.0. The second-order valence-electron chi connectivity index (χ2n) is 7.13. The zero-order chi connectivity index (χ0) is 24.1. The fourth-order valence-electron chi connectivity index (χ4n) is 3.42. The van der Waals surface area contributed by atoms with Gasteiger partial charge in [-0.15, -0.1) is 0 Å². The lowest BCUT2D eigenvalue weighted by atomic mass is 10.1. The van der Waals surface area contributed by atoms with E-state index >= 15 is 0 Å². The minimum Gasteiger partial charge on any atom is -0.497 e. The molecule has 0 spiro atoms. The molecule has 0 atom stereocenters. The predicted octanol–water partition coefficient (Wildman–Crippen LogP) is 6.65. The van der Waals surface area contributed by atoms with Crippen LogP contribution in [0.25, 0.3) is 44.7 Å². The summed E-state index contributed by atoms with van der Waals surface area (Å²) in [7, 11) is 1.45. The third-order valence-corrected chi connectivity index (χ3v) is 5.95. The van der Waals surface area contributed by atoms with Crippen molar-refractivity contribution in [2.75, 3.05) is 7.11 Å². The highest BCUT2D eigenvalue weighted by atomic mass is 35.5. The van der Waals surface area contributed by atoms with Gasteiger partial charge in [0.1, 0.15) is 16.8 Å². The summed E-state index contributed by atoms with van der Waals surface area (Å²) < 4.78 is 16.2. The summed E-state index contributed by atoms with van der Waals surface area (Å²) in [6.07, 6.45) is 0. The molecular formula is C23H10Cl4N2O5. The molecule has 0 saturated carbocycles. The van der Waals surface area contributed by atoms with Crippen LogP contribution in [0.1, 0.15) is 0 Å². The number of benzene rings is 3. The molecule has 2 heterocycles. The molecule has 0 aliphatic heterocycles. The SMILES string of the molecule is COc1cc(-c2nc3c(Cl)cc(Cl)cc3c(=O)o2)cc(-c2nc3c(Cl)cc(Cl)cc3c(=O)o2)c1. The van der Waals surface area contributed by atoms with E-state index in [1.54, 1.807) is 18.2 Å². The first-order valence-electron chi connectivity index (χ1n) is 9.53. The van der Waals surface area contributed by atoms with Crippen molar-refractivity contribution in [1.82, 2.24) is 9.97 Å². The highest BCUT2D eigenvalue weighted by Gasteiger charge is 2.17. The molecule has 0 unspecified atom stereocenters. The average Bonchev–Trinajstić information content (AvgIpc) is 2.79. The molecule has 0 aliphatic rings. The van der Waals surface area contributed by atoms with Gasteiger partial charge in [0.05, 0.1) is 27.9 Å². The van der Waals surface area contributed by atoms with Gasteiger partial charge in [0.15, 0.2) is 0 Å². The topological polar surface area (TPSA) is 95.4 Å². The van der Waals surface area contributed by atoms with Crippen molar-refractivity contribution in [2.45, 2.75) is 0 Å². The van der Waals surface area contributed by atoms with Crippen molar-refractivity contribution >= 4 is 68.2 Å². The van der Waals surface area contributed by atoms with Gasteiger partial charge in [-0.25, -0.2) is 19.6 Å². The fourth-order valence-corrected chi connectivity index (χ4v) is 4.49. The van der Waals surface area contributed by atoms with Gasteiger partial charge in [0, 0.05) is 21.2 Å². The van der Waals surface area contributed by atoms with Crippen LogP contribution in [0.4, 0.5) is 0 Å². The van der Waals surface area contributed by atoms with Crippen LogP contribution in [0, 0.1) is 0 Å². The zero-order valence-corrected chi connectivity index (χ0v) is 20.0. The van der Waals surface area contributed by atoms with E-state index in [0.29, 0.717) is 16.9 Å². The highest BCUT2D eigenvalue weighted by Crippen LogP contribution is 2.33. The van der Waals surface area contributed by atoms with Crippen LogP contribution in [0.2, 0.25) is 20.1 Å². The van der Waals surface area contributed by atoms with Gasteiger partial charge in [-0.3, -0.25) is 0 Å². The van der Waals surface area contributed by atoms with E-state index in [1.807, 2.05) is 0 Å². The van der Waals surface area contributed by atoms with Gasteiger partial charge in [0.25, 0.3) is 0 Å². The van der Waals surface area contributed by atoms with Gasteiger partial charge < -0.3 is 13.6 Å². The summed E-state index contributed by atoms with van der Waals surface area (Å²) in [4.78, 5) is 34.0. The molecule has 34 heavy (non-hydrogen) atoms. The number of hydrogen-bond donors (Lipinski definition) is 0. The van der Waals surface area contributed by atoms with Crippen molar-refractivity contribution in [3.05, 3.63) is 83.4 Å². The van der Waals surface area contributed by atoms with E-state index in [0.717, 1.165) is 0 Å². The average molecular weight is 536 g/mol. The first-order chi connectivity index (χ1) is 16.2. The standard InChI is InChI=1S/C23H10Cl4N2O5/c1-32-13-3-9(20-28-18-14(22(30)33-20)5-11(24)7-16(18)26)2-10(4-13)21-29-19-15(23(31)34-21)6-12(25)8-17(19)27/h2-8H,1H3. The summed E-state index contributed by atoms with van der Waals surface area (Å²) in [5, 5.41) is 1.21. The largest absolute Gasteiger partial charge is 0.497 e. The van der Waals surface area contributed by atoms with Crippen molar-refractivity contribution in [3.63, 3.8) is 0 Å². The first-order valence-corrected chi connectivity index (χ1v) is 11.0. The van der Waals surface area contributed by atoms with E-state index in [1.165, 1.54) is 31.4 Å². The van der Waals surface area contributed by atoms with Crippen LogP contribution in [0.15, 0.2) is 60.9 Å². The lowest BCUT2D eigenvalue weighted by Gasteiger charge is -2.09. The molecule has 7 nitrogen and oxygen atoms in total. The van der Waals surface area contributed by atoms with Gasteiger partial charge in [-0.05, 0) is 42.5 Å². The predicted molar refractivity (Wildman–Crippen MR) is 132 cm³/mol. The van der Waals surface area contributed by atoms with Crippen LogP contribution in [0.3, 0.4) is 0 Å². The van der Waals surface area contributed by atoms with E-state index in [-0.39, 0.29) is 53.7 Å². The lowest BCUT2D eigenvalue weighted by Crippen LogP contribution is -2.05. The van der Waals surface area contributed by atoms with Crippen LogP contribution in [-0.2, 0) is 0 Å². The smallest absolute Gasteiger partial charge is 0.347 e. The molecule has 0 bridgehead atoms. The molecule has 0 aliphatic carbocycles. The quantitative estimate of drug-likeness (QED) is 0.255. The lowest BCUT2D eigenvalue weighted by molar-refractivity contribution is 0.414. The molecule has 0 fully saturated rings. The van der Waals surface area contributed by atoms with Gasteiger partial charge in [0.2, 0.25) is 11.8 Å². The summed E-state index contributed by atoms with van der Waals surface area (Å²) >= 11 is 24.5. The van der Waals surface area contributed by atoms with Gasteiger partial charge in [-0.2, -0.15) is 0 Å². The minimum atomic E-state index is -0.673. The molecule has 2 aromatic heterocycles. The molecule has 3 aromatic carbocycles. The third kappa shape index (κ3) is 4.01. The van der Waals surface area contributed by atoms with Crippen LogP contribution >= 0.6 is 46.4 Å². The number of ether oxygens (including phenoxy) is 1. The summed E-state index contributed by atoms with van der Waals surface area (Å²) in [6.45, 7) is 0. The van der Waals surface area contributed by atoms with E-state index < -0.39 is 11.3 Å². The highest BCUT2D eigenvalue weighted by molar-refractivity contribution is 6.38. The summed E-state index contributed by atoms with van der Waals surface area (Å²) in [5.41, 5.74) is -0.195. The number of halogens is 4. The van der Waals surface area contributed by atoms with E-state index in [9.17, 15) is 9.59 Å². The molecule has 0 amide bonds. The molecular weight excluding hydrogens is 526 g/mol. The Morgan fingerprint density at radius 3 is 1.53 bits per heavy atom. The van der Waals surface area contributed by atoms with Crippen molar-refractivity contribution in [2.24, 2.45) is 0 Å². The molecule has 0 N–H and O–H groups in total. The first kappa shape index (κ1) is 22.7. The van der Waals surface area contributed by atoms with Gasteiger partial charge >= 0.3 is 11.3 Å². The molecule has 5 rings (SSSR count). The van der Waals surface area contributed by atoms with Crippen LogP contribution in [0.5, 0.6) is 5.75 Å². The van der Waals surface area contributed by atoms with E-state index in [4.69, 9.17) is 60.0 Å². The Kier molecular flexibility index (Phi) is 5.73. The molecule has 11 heteroatoms. The summed E-state index contributed by atoms with van der Waals surface area (Å²) in [6, 6.07) is 10.6. The van der Waals surface area contributed by atoms with Crippen molar-refractivity contribution < 1.29 is 13.6 Å². The van der Waals surface area contributed by atoms with Crippen molar-refractivity contribution in [1.29, 1.82) is 0 Å². The maximum absolute atomic E-state index is 12.6. The van der Waals surface area contributed by atoms with Crippen LogP contribution < -0.4 is 16.0 Å². The molecule has 0 radical (unpaired) electrons. The number of aromatic nitrogens is 2. The van der Waals surface area contributed by atoms with Crippen molar-refractivity contribution in [3.8, 4) is 28.7 Å². The Labute approximate surface area is 210 Å². The number of fused-ring (bicyclic) bond motifs is 2. The van der Waals surface area contributed by atoms with Crippen LogP contribution in [-0.4, -0.2) is 17.1 Å². The number of hydrogen-bond acceptors (Lipinski definition) is 7. The number of methoxy groups -OCH3 is 1. The fraction of sp³-hybridized carbons (Fsp3) is 0.0435. The Morgan fingerprint density at radius 1 is 0.676 bits per heavy atom. The van der Waals surface area contributed by atoms with E-state index in [2.05, 4.69) is 9.97 Å². The number of rotatable bonds is 3. The Morgan fingerprint density at radius 2 is 1.12 bits per heavy atom. The van der Waals surface area contributed by atoms with Gasteiger partial charge in [-0.1, -0.05) is 46.4 Å². The normalized spacial score (nSPS) is 11.3. The molecule has 5 aromatic rings. The Bertz CT molecular complexity index is 1620. The monoisotopic (exact) mass is 534 g/mol. The molecule has 170 valence electrons. The number of nitrogens with zero attached hydrogens (tertiary/aromatic N) is 2. The maximum atomic E-state index is 12.6. The third-order valence-electron chi connectivity index (χ3n) is 4.94. The second-order valence-corrected chi connectivity index (χ2v) is 8.82.